The highest BCUT2D eigenvalue weighted by Gasteiger charge is 2.35. The molecule has 9 heteroatoms. The molecule has 4 rings (SSSR count). The summed E-state index contributed by atoms with van der Waals surface area (Å²) < 4.78 is 17.1. The zero-order valence-electron chi connectivity index (χ0n) is 19.5. The van der Waals surface area contributed by atoms with Crippen LogP contribution in [-0.2, 0) is 4.79 Å². The fourth-order valence-corrected chi connectivity index (χ4v) is 4.17. The van der Waals surface area contributed by atoms with Gasteiger partial charge in [0.25, 0.3) is 5.91 Å². The summed E-state index contributed by atoms with van der Waals surface area (Å²) in [5, 5.41) is 15.4. The van der Waals surface area contributed by atoms with E-state index in [-0.39, 0.29) is 11.4 Å². The highest BCUT2D eigenvalue weighted by atomic mass is 32.2. The number of thioether (sulfide) groups is 1. The monoisotopic (exact) mass is 478 g/mol. The van der Waals surface area contributed by atoms with Gasteiger partial charge in [-0.05, 0) is 79.1 Å². The number of nitrogens with zero attached hydrogens (tertiary/aromatic N) is 3. The molecule has 0 saturated heterocycles. The number of nitrogens with one attached hydrogen (secondary N) is 1. The lowest BCUT2D eigenvalue weighted by Gasteiger charge is -2.20. The molecule has 0 atom stereocenters. The maximum atomic E-state index is 12.5. The Balaban J connectivity index is 1.43. The van der Waals surface area contributed by atoms with Crippen LogP contribution >= 0.6 is 11.8 Å². The number of amides is 1. The van der Waals surface area contributed by atoms with Gasteiger partial charge in [0.05, 0.1) is 12.7 Å². The van der Waals surface area contributed by atoms with Crippen LogP contribution in [0.3, 0.4) is 0 Å². The number of hydrogen-bond donors (Lipinski definition) is 1. The summed E-state index contributed by atoms with van der Waals surface area (Å²) in [4.78, 5) is 16.6. The number of rotatable bonds is 8. The molecule has 2 aliphatic rings. The van der Waals surface area contributed by atoms with Crippen LogP contribution in [0, 0.1) is 19.3 Å². The molecule has 2 aromatic rings. The summed E-state index contributed by atoms with van der Waals surface area (Å²) in [5.74, 6) is 1.43. The van der Waals surface area contributed by atoms with E-state index in [1.54, 1.807) is 31.4 Å². The molecule has 0 unspecified atom stereocenters. The minimum atomic E-state index is -0.459. The van der Waals surface area contributed by atoms with Crippen molar-refractivity contribution < 1.29 is 19.0 Å². The summed E-state index contributed by atoms with van der Waals surface area (Å²) in [7, 11) is 1.55. The predicted molar refractivity (Wildman–Crippen MR) is 135 cm³/mol. The number of hydrazone groups is 1. The molecule has 0 spiro atoms. The van der Waals surface area contributed by atoms with Gasteiger partial charge in [0.2, 0.25) is 5.17 Å². The Hall–Kier alpha value is -3.59. The van der Waals surface area contributed by atoms with Crippen molar-refractivity contribution in [3.8, 4) is 17.2 Å². The summed E-state index contributed by atoms with van der Waals surface area (Å²) in [6.45, 7) is 6.81. The third kappa shape index (κ3) is 4.99. The van der Waals surface area contributed by atoms with Gasteiger partial charge in [0, 0.05) is 0 Å². The second-order valence-electron chi connectivity index (χ2n) is 7.72. The lowest BCUT2D eigenvalue weighted by atomic mass is 10.1. The van der Waals surface area contributed by atoms with Gasteiger partial charge in [0.15, 0.2) is 17.3 Å². The molecule has 34 heavy (non-hydrogen) atoms. The van der Waals surface area contributed by atoms with E-state index in [9.17, 15) is 4.79 Å². The zero-order valence-corrected chi connectivity index (χ0v) is 20.4. The topological polar surface area (TPSA) is 96.6 Å². The molecule has 2 aromatic carbocycles. The van der Waals surface area contributed by atoms with Gasteiger partial charge in [-0.1, -0.05) is 19.1 Å². The van der Waals surface area contributed by atoms with Crippen molar-refractivity contribution in [3.63, 3.8) is 0 Å². The molecule has 0 bridgehead atoms. The largest absolute Gasteiger partial charge is 0.493 e. The van der Waals surface area contributed by atoms with Crippen molar-refractivity contribution in [2.24, 2.45) is 10.1 Å². The first kappa shape index (κ1) is 23.6. The van der Waals surface area contributed by atoms with Gasteiger partial charge in [-0.3, -0.25) is 10.2 Å². The molecule has 0 aromatic heterocycles. The Labute approximate surface area is 202 Å². The van der Waals surface area contributed by atoms with E-state index < -0.39 is 5.91 Å². The first-order valence-corrected chi connectivity index (χ1v) is 11.7. The SMILES string of the molecule is CCC1=NN2C(=N)/C(=C\c3ccc(OCCOc4ccc(C)c(C)c4)c(OC)c3)C(=O)N=C2S1. The van der Waals surface area contributed by atoms with Crippen molar-refractivity contribution in [2.75, 3.05) is 20.3 Å². The Bertz CT molecular complexity index is 1240. The number of carbonyl (C=O) groups excluding carboxylic acids is 1. The molecular formula is C25H26N4O4S. The van der Waals surface area contributed by atoms with E-state index >= 15 is 0 Å². The van der Waals surface area contributed by atoms with Crippen LogP contribution < -0.4 is 14.2 Å². The lowest BCUT2D eigenvalue weighted by Crippen LogP contribution is -2.35. The summed E-state index contributed by atoms with van der Waals surface area (Å²) >= 11 is 1.32. The van der Waals surface area contributed by atoms with Crippen molar-refractivity contribution in [2.45, 2.75) is 27.2 Å². The molecule has 2 heterocycles. The fraction of sp³-hybridized carbons (Fsp3) is 0.280. The number of methoxy groups -OCH3 is 1. The smallest absolute Gasteiger partial charge is 0.283 e. The quantitative estimate of drug-likeness (QED) is 0.432. The van der Waals surface area contributed by atoms with Crippen LogP contribution in [0.5, 0.6) is 17.2 Å². The number of aryl methyl sites for hydroxylation is 2. The van der Waals surface area contributed by atoms with Gasteiger partial charge in [0.1, 0.15) is 24.0 Å². The maximum Gasteiger partial charge on any atom is 0.283 e. The number of carbonyl (C=O) groups is 1. The number of fused-ring (bicyclic) bond motifs is 1. The van der Waals surface area contributed by atoms with Crippen LogP contribution in [0.25, 0.3) is 6.08 Å². The maximum absolute atomic E-state index is 12.5. The zero-order chi connectivity index (χ0) is 24.2. The van der Waals surface area contributed by atoms with Gasteiger partial charge in [-0.15, -0.1) is 0 Å². The van der Waals surface area contributed by atoms with E-state index in [1.807, 2.05) is 32.0 Å². The average molecular weight is 479 g/mol. The molecule has 1 amide bonds. The second-order valence-corrected chi connectivity index (χ2v) is 8.76. The van der Waals surface area contributed by atoms with E-state index in [1.165, 1.54) is 27.9 Å². The summed E-state index contributed by atoms with van der Waals surface area (Å²) in [6.07, 6.45) is 2.33. The van der Waals surface area contributed by atoms with Crippen molar-refractivity contribution >= 4 is 39.8 Å². The van der Waals surface area contributed by atoms with Crippen molar-refractivity contribution in [3.05, 3.63) is 58.7 Å². The van der Waals surface area contributed by atoms with Crippen LogP contribution in [0.1, 0.15) is 30.0 Å². The molecule has 8 nitrogen and oxygen atoms in total. The highest BCUT2D eigenvalue weighted by Crippen LogP contribution is 2.32. The van der Waals surface area contributed by atoms with E-state index in [2.05, 4.69) is 17.0 Å². The van der Waals surface area contributed by atoms with Crippen LogP contribution in [0.4, 0.5) is 0 Å². The van der Waals surface area contributed by atoms with Crippen LogP contribution in [0.15, 0.2) is 52.1 Å². The van der Waals surface area contributed by atoms with E-state index in [4.69, 9.17) is 19.6 Å². The van der Waals surface area contributed by atoms with Gasteiger partial charge in [-0.2, -0.15) is 15.1 Å². The third-order valence-electron chi connectivity index (χ3n) is 5.39. The number of ether oxygens (including phenoxy) is 3. The Morgan fingerprint density at radius 3 is 2.59 bits per heavy atom. The second kappa shape index (κ2) is 10.1. The Morgan fingerprint density at radius 1 is 1.06 bits per heavy atom. The minimum Gasteiger partial charge on any atom is -0.493 e. The van der Waals surface area contributed by atoms with Crippen LogP contribution in [-0.4, -0.2) is 47.3 Å². The lowest BCUT2D eigenvalue weighted by molar-refractivity contribution is -0.114. The van der Waals surface area contributed by atoms with E-state index in [0.29, 0.717) is 35.4 Å². The number of benzene rings is 2. The minimum absolute atomic E-state index is 0.00809. The number of amidine groups is 2. The predicted octanol–water partition coefficient (Wildman–Crippen LogP) is 4.80. The Kier molecular flexibility index (Phi) is 7.02. The molecule has 176 valence electrons. The van der Waals surface area contributed by atoms with E-state index in [0.717, 1.165) is 17.2 Å². The van der Waals surface area contributed by atoms with Gasteiger partial charge < -0.3 is 14.2 Å². The van der Waals surface area contributed by atoms with Gasteiger partial charge in [-0.25, -0.2) is 0 Å². The summed E-state index contributed by atoms with van der Waals surface area (Å²) in [5.41, 5.74) is 3.26. The molecular weight excluding hydrogens is 452 g/mol. The molecule has 0 aliphatic carbocycles. The molecule has 1 N–H and O–H groups in total. The first-order chi connectivity index (χ1) is 16.4. The summed E-state index contributed by atoms with van der Waals surface area (Å²) in [6, 6.07) is 11.3. The third-order valence-corrected chi connectivity index (χ3v) is 6.44. The standard InChI is InChI=1S/C25H26N4O4S/c1-5-22-28-29-23(26)19(24(30)27-25(29)34-22)13-17-7-9-20(21(14-17)31-4)33-11-10-32-18-8-6-15(2)16(3)12-18/h6-9,12-14,26H,5,10-11H2,1-4H3/b19-13+,26-23?. The molecule has 0 saturated carbocycles. The van der Waals surface area contributed by atoms with Crippen molar-refractivity contribution in [1.29, 1.82) is 5.41 Å². The highest BCUT2D eigenvalue weighted by molar-refractivity contribution is 8.26. The van der Waals surface area contributed by atoms with Crippen molar-refractivity contribution in [1.82, 2.24) is 5.01 Å². The van der Waals surface area contributed by atoms with Gasteiger partial charge >= 0.3 is 0 Å². The Morgan fingerprint density at radius 2 is 1.85 bits per heavy atom. The first-order valence-electron chi connectivity index (χ1n) is 10.9. The molecule has 0 fully saturated rings. The normalized spacial score (nSPS) is 16.4. The molecule has 0 radical (unpaired) electrons. The molecule has 2 aliphatic heterocycles. The average Bonchev–Trinajstić information content (AvgIpc) is 3.25. The fourth-order valence-electron chi connectivity index (χ4n) is 3.35. The number of aliphatic imine (C=N–C) groups is 1. The number of hydrogen-bond acceptors (Lipinski definition) is 7. The van der Waals surface area contributed by atoms with Crippen LogP contribution in [0.2, 0.25) is 0 Å².